The fraction of sp³-hybridized carbons (Fsp3) is 0.462. The number of rotatable bonds is 3. The van der Waals surface area contributed by atoms with E-state index in [0.29, 0.717) is 5.92 Å². The third-order valence-corrected chi connectivity index (χ3v) is 7.66. The van der Waals surface area contributed by atoms with Gasteiger partial charge in [0.15, 0.2) is 0 Å². The van der Waals surface area contributed by atoms with E-state index in [1.807, 2.05) is 72.5 Å². The number of esters is 1. The number of para-hydroxylation sites is 2. The van der Waals surface area contributed by atoms with Gasteiger partial charge in [-0.1, -0.05) is 36.4 Å². The number of hydrogen-bond donors (Lipinski definition) is 1. The van der Waals surface area contributed by atoms with Crippen molar-refractivity contribution in [1.29, 1.82) is 0 Å². The Balaban J connectivity index is 1.58. The van der Waals surface area contributed by atoms with E-state index in [1.54, 1.807) is 0 Å². The number of ether oxygens (including phenoxy) is 1. The first-order chi connectivity index (χ1) is 15.0. The van der Waals surface area contributed by atoms with Crippen molar-refractivity contribution in [2.45, 2.75) is 44.8 Å². The Bertz CT molecular complexity index is 908. The lowest BCUT2D eigenvalue weighted by Gasteiger charge is -2.48. The number of carbonyl (C=O) groups is 2. The first kappa shape index (κ1) is 20.3. The van der Waals surface area contributed by atoms with Crippen LogP contribution in [0.25, 0.3) is 0 Å². The highest BCUT2D eigenvalue weighted by Crippen LogP contribution is 2.54. The molecule has 2 aliphatic carbocycles. The van der Waals surface area contributed by atoms with Gasteiger partial charge >= 0.3 is 5.97 Å². The molecule has 0 radical (unpaired) electrons. The summed E-state index contributed by atoms with van der Waals surface area (Å²) < 4.78 is 5.67. The first-order valence-electron chi connectivity index (χ1n) is 11.4. The molecule has 3 fully saturated rings. The number of hydrogen-bond acceptors (Lipinski definition) is 4. The predicted octanol–water partition coefficient (Wildman–Crippen LogP) is 4.29. The molecule has 0 spiro atoms. The number of cyclic esters (lactones) is 1. The number of amides is 1. The number of anilines is 2. The van der Waals surface area contributed by atoms with Crippen molar-refractivity contribution in [3.63, 3.8) is 0 Å². The summed E-state index contributed by atoms with van der Waals surface area (Å²) in [5.41, 5.74) is 7.99. The van der Waals surface area contributed by atoms with E-state index in [9.17, 15) is 9.59 Å². The molecule has 1 unspecified atom stereocenters. The summed E-state index contributed by atoms with van der Waals surface area (Å²) in [5.74, 6) is -0.0697. The maximum absolute atomic E-state index is 14.4. The van der Waals surface area contributed by atoms with E-state index >= 15 is 0 Å². The van der Waals surface area contributed by atoms with E-state index in [4.69, 9.17) is 10.5 Å². The monoisotopic (exact) mass is 418 g/mol. The molecule has 0 aromatic heterocycles. The minimum atomic E-state index is -0.252. The molecule has 5 rings (SSSR count). The van der Waals surface area contributed by atoms with E-state index in [0.717, 1.165) is 37.1 Å². The zero-order chi connectivity index (χ0) is 21.5. The SMILES string of the molecule is C[C@H]1OC(=O)[C@@H]2C[C@@H]3C[C@H](N)CC[C@H]3[C@H](C(=O)N(c3ccccc3)c3ccccc3)C12. The van der Waals surface area contributed by atoms with Crippen LogP contribution in [0.3, 0.4) is 0 Å². The molecule has 3 aliphatic rings. The molecule has 2 saturated carbocycles. The van der Waals surface area contributed by atoms with E-state index in [1.165, 1.54) is 0 Å². The molecule has 1 amide bonds. The van der Waals surface area contributed by atoms with Gasteiger partial charge in [0.2, 0.25) is 5.91 Å². The summed E-state index contributed by atoms with van der Waals surface area (Å²) in [7, 11) is 0. The Morgan fingerprint density at radius 2 is 1.58 bits per heavy atom. The fourth-order valence-electron chi connectivity index (χ4n) is 6.36. The summed E-state index contributed by atoms with van der Waals surface area (Å²) in [6, 6.07) is 19.8. The lowest BCUT2D eigenvalue weighted by molar-refractivity contribution is -0.144. The van der Waals surface area contributed by atoms with Crippen LogP contribution in [0.1, 0.15) is 32.6 Å². The van der Waals surface area contributed by atoms with Crippen LogP contribution < -0.4 is 10.6 Å². The largest absolute Gasteiger partial charge is 0.462 e. The van der Waals surface area contributed by atoms with Crippen molar-refractivity contribution in [1.82, 2.24) is 0 Å². The standard InChI is InChI=1S/C26H30N2O3/c1-16-23-22(26(30)31-16)15-17-14-18(27)12-13-21(17)24(23)25(29)28(19-8-4-2-5-9-19)20-10-6-3-7-11-20/h2-11,16-18,21-24H,12-15,27H2,1H3/t16-,17+,18-,21-,22-,23?,24+/m1/s1. The van der Waals surface area contributed by atoms with Crippen LogP contribution in [0, 0.1) is 29.6 Å². The van der Waals surface area contributed by atoms with Gasteiger partial charge in [-0.05, 0) is 68.7 Å². The molecule has 0 bridgehead atoms. The normalized spacial score (nSPS) is 34.4. The van der Waals surface area contributed by atoms with Crippen molar-refractivity contribution in [2.24, 2.45) is 35.3 Å². The van der Waals surface area contributed by atoms with Gasteiger partial charge in [0, 0.05) is 29.3 Å². The second kappa shape index (κ2) is 8.12. The van der Waals surface area contributed by atoms with Gasteiger partial charge in [-0.25, -0.2) is 0 Å². The van der Waals surface area contributed by atoms with Gasteiger partial charge < -0.3 is 10.5 Å². The highest BCUT2D eigenvalue weighted by atomic mass is 16.6. The van der Waals surface area contributed by atoms with Gasteiger partial charge in [-0.15, -0.1) is 0 Å². The Morgan fingerprint density at radius 1 is 0.968 bits per heavy atom. The van der Waals surface area contributed by atoms with Crippen molar-refractivity contribution in [3.05, 3.63) is 60.7 Å². The summed E-state index contributed by atoms with van der Waals surface area (Å²) in [6.45, 7) is 1.95. The zero-order valence-electron chi connectivity index (χ0n) is 17.9. The van der Waals surface area contributed by atoms with Crippen LogP contribution in [0.4, 0.5) is 11.4 Å². The zero-order valence-corrected chi connectivity index (χ0v) is 17.9. The molecule has 31 heavy (non-hydrogen) atoms. The van der Waals surface area contributed by atoms with Crippen LogP contribution in [0.15, 0.2) is 60.7 Å². The van der Waals surface area contributed by atoms with E-state index in [2.05, 4.69) is 0 Å². The van der Waals surface area contributed by atoms with Crippen LogP contribution in [-0.4, -0.2) is 24.0 Å². The molecule has 1 heterocycles. The maximum Gasteiger partial charge on any atom is 0.309 e. The number of benzene rings is 2. The summed E-state index contributed by atoms with van der Waals surface area (Å²) in [6.07, 6.45) is 3.31. The van der Waals surface area contributed by atoms with Gasteiger partial charge in [0.25, 0.3) is 0 Å². The Labute approximate surface area is 183 Å². The first-order valence-corrected chi connectivity index (χ1v) is 11.4. The molecule has 2 aromatic carbocycles. The topological polar surface area (TPSA) is 72.6 Å². The van der Waals surface area contributed by atoms with E-state index < -0.39 is 0 Å². The maximum atomic E-state index is 14.4. The highest BCUT2D eigenvalue weighted by molar-refractivity contribution is 6.02. The van der Waals surface area contributed by atoms with Crippen LogP contribution in [0.5, 0.6) is 0 Å². The molecule has 1 aliphatic heterocycles. The second-order valence-corrected chi connectivity index (χ2v) is 9.43. The van der Waals surface area contributed by atoms with Crippen molar-refractivity contribution < 1.29 is 14.3 Å². The van der Waals surface area contributed by atoms with Gasteiger partial charge in [0.05, 0.1) is 5.92 Å². The molecule has 1 saturated heterocycles. The predicted molar refractivity (Wildman–Crippen MR) is 119 cm³/mol. The lowest BCUT2D eigenvalue weighted by atomic mass is 9.56. The van der Waals surface area contributed by atoms with Crippen molar-refractivity contribution >= 4 is 23.3 Å². The van der Waals surface area contributed by atoms with Crippen LogP contribution in [-0.2, 0) is 14.3 Å². The van der Waals surface area contributed by atoms with Crippen molar-refractivity contribution in [2.75, 3.05) is 4.90 Å². The van der Waals surface area contributed by atoms with Crippen LogP contribution >= 0.6 is 0 Å². The number of fused-ring (bicyclic) bond motifs is 2. The minimum Gasteiger partial charge on any atom is -0.462 e. The second-order valence-electron chi connectivity index (χ2n) is 9.43. The molecule has 2 N–H and O–H groups in total. The Morgan fingerprint density at radius 3 is 2.19 bits per heavy atom. The summed E-state index contributed by atoms with van der Waals surface area (Å²) in [4.78, 5) is 28.9. The lowest BCUT2D eigenvalue weighted by Crippen LogP contribution is -2.52. The number of nitrogens with zero attached hydrogens (tertiary/aromatic N) is 1. The smallest absolute Gasteiger partial charge is 0.309 e. The molecular formula is C26H30N2O3. The van der Waals surface area contributed by atoms with Gasteiger partial charge in [-0.3, -0.25) is 14.5 Å². The average Bonchev–Trinajstić information content (AvgIpc) is 3.06. The number of carbonyl (C=O) groups excluding carboxylic acids is 2. The third-order valence-electron chi connectivity index (χ3n) is 7.66. The molecule has 162 valence electrons. The Kier molecular flexibility index (Phi) is 5.30. The molecule has 7 atom stereocenters. The van der Waals surface area contributed by atoms with Gasteiger partial charge in [0.1, 0.15) is 6.10 Å². The number of nitrogens with two attached hydrogens (primary N) is 1. The minimum absolute atomic E-state index is 0.0720. The van der Waals surface area contributed by atoms with Crippen LogP contribution in [0.2, 0.25) is 0 Å². The van der Waals surface area contributed by atoms with Gasteiger partial charge in [-0.2, -0.15) is 0 Å². The molecule has 5 nitrogen and oxygen atoms in total. The highest BCUT2D eigenvalue weighted by Gasteiger charge is 2.58. The molecule has 5 heteroatoms. The fourth-order valence-corrected chi connectivity index (χ4v) is 6.36. The van der Waals surface area contributed by atoms with Crippen molar-refractivity contribution in [3.8, 4) is 0 Å². The third kappa shape index (κ3) is 3.55. The Hall–Kier alpha value is -2.66. The molecular weight excluding hydrogens is 388 g/mol. The summed E-state index contributed by atoms with van der Waals surface area (Å²) in [5, 5.41) is 0. The summed E-state index contributed by atoms with van der Waals surface area (Å²) >= 11 is 0. The molecule has 2 aromatic rings. The average molecular weight is 419 g/mol. The quantitative estimate of drug-likeness (QED) is 0.755. The van der Waals surface area contributed by atoms with E-state index in [-0.39, 0.29) is 47.7 Å².